The maximum Gasteiger partial charge on any atom is 0.359 e. The lowest BCUT2D eigenvalue weighted by Gasteiger charge is -2.39. The molecule has 226 valence electrons. The number of carboxylic acid groups (broad SMARTS) is 2. The Morgan fingerprint density at radius 1 is 0.421 bits per heavy atom. The molecule has 2 atom stereocenters. The molecule has 2 N–H and O–H groups in total. The highest BCUT2D eigenvalue weighted by Gasteiger charge is 2.32. The average molecular weight is 543 g/mol. The largest absolute Gasteiger partial charge is 0.477 e. The van der Waals surface area contributed by atoms with Crippen LogP contribution in [0, 0.1) is 0 Å². The number of nitrogens with zero attached hydrogens (tertiary/aromatic N) is 2. The Labute approximate surface area is 236 Å². The normalized spacial score (nSPS) is 14.7. The lowest BCUT2D eigenvalue weighted by molar-refractivity contribution is -0.957. The Morgan fingerprint density at radius 2 is 0.658 bits per heavy atom. The van der Waals surface area contributed by atoms with Crippen LogP contribution < -0.4 is 0 Å². The van der Waals surface area contributed by atoms with Gasteiger partial charge in [0.25, 0.3) is 0 Å². The average Bonchev–Trinajstić information content (AvgIpc) is 2.84. The van der Waals surface area contributed by atoms with Crippen LogP contribution in [-0.2, 0) is 9.59 Å². The number of hydrogen-bond donors (Lipinski definition) is 2. The van der Waals surface area contributed by atoms with Crippen molar-refractivity contribution in [1.82, 2.24) is 0 Å². The van der Waals surface area contributed by atoms with E-state index in [-0.39, 0.29) is 13.1 Å². The summed E-state index contributed by atoms with van der Waals surface area (Å²) in [6.07, 6.45) is 25.4. The van der Waals surface area contributed by atoms with Crippen LogP contribution in [0.25, 0.3) is 0 Å². The minimum Gasteiger partial charge on any atom is -0.477 e. The van der Waals surface area contributed by atoms with Crippen molar-refractivity contribution in [3.05, 3.63) is 0 Å². The molecule has 0 aromatic heterocycles. The molecule has 0 aliphatic heterocycles. The predicted molar refractivity (Wildman–Crippen MR) is 161 cm³/mol. The smallest absolute Gasteiger partial charge is 0.359 e. The summed E-state index contributed by atoms with van der Waals surface area (Å²) in [6, 6.07) is 0. The monoisotopic (exact) mass is 543 g/mol. The van der Waals surface area contributed by atoms with Crippen LogP contribution in [0.15, 0.2) is 0 Å². The van der Waals surface area contributed by atoms with Gasteiger partial charge >= 0.3 is 11.9 Å². The number of unbranched alkanes of at least 4 members (excludes halogenated alkanes) is 18. The highest BCUT2D eigenvalue weighted by molar-refractivity contribution is 5.68. The third-order valence-electron chi connectivity index (χ3n) is 8.32. The third-order valence-corrected chi connectivity index (χ3v) is 8.32. The highest BCUT2D eigenvalue weighted by atomic mass is 16.4. The molecular weight excluding hydrogens is 476 g/mol. The van der Waals surface area contributed by atoms with Gasteiger partial charge in [-0.2, -0.15) is 0 Å². The van der Waals surface area contributed by atoms with Crippen molar-refractivity contribution in [2.75, 3.05) is 53.4 Å². The molecule has 6 heteroatoms. The molecule has 0 aromatic carbocycles. The topological polar surface area (TPSA) is 74.6 Å². The summed E-state index contributed by atoms with van der Waals surface area (Å²) in [6.45, 7) is 7.87. The molecule has 0 bridgehead atoms. The van der Waals surface area contributed by atoms with E-state index in [1.165, 1.54) is 103 Å². The standard InChI is InChI=1S/C32H64N2O4/c1-5-7-9-11-13-15-17-19-21-23-25-33(3,29-31(35)36)27-28-34(4,30-32(37)38)26-24-22-20-18-16-14-12-10-8-6-2/h5-30H2,1-4H3/p+2. The van der Waals surface area contributed by atoms with Gasteiger partial charge in [0.1, 0.15) is 13.1 Å². The molecule has 0 rings (SSSR count). The van der Waals surface area contributed by atoms with E-state index < -0.39 is 11.9 Å². The lowest BCUT2D eigenvalue weighted by Crippen LogP contribution is -2.57. The molecule has 38 heavy (non-hydrogen) atoms. The zero-order valence-corrected chi connectivity index (χ0v) is 26.0. The van der Waals surface area contributed by atoms with Crippen LogP contribution in [-0.4, -0.2) is 84.5 Å². The number of carboxylic acids is 2. The Morgan fingerprint density at radius 3 is 0.895 bits per heavy atom. The van der Waals surface area contributed by atoms with Crippen LogP contribution in [0.1, 0.15) is 142 Å². The second kappa shape index (κ2) is 23.7. The second-order valence-corrected chi connectivity index (χ2v) is 12.6. The van der Waals surface area contributed by atoms with Crippen molar-refractivity contribution in [1.29, 1.82) is 0 Å². The Bertz CT molecular complexity index is 536. The molecule has 0 spiro atoms. The molecule has 0 radical (unpaired) electrons. The van der Waals surface area contributed by atoms with Crippen molar-refractivity contribution in [2.45, 2.75) is 142 Å². The van der Waals surface area contributed by atoms with E-state index >= 15 is 0 Å². The molecule has 0 aromatic rings. The summed E-state index contributed by atoms with van der Waals surface area (Å²) in [7, 11) is 4.10. The summed E-state index contributed by atoms with van der Waals surface area (Å²) < 4.78 is 0.996. The van der Waals surface area contributed by atoms with E-state index in [4.69, 9.17) is 0 Å². The quantitative estimate of drug-likeness (QED) is 0.0744. The lowest BCUT2D eigenvalue weighted by atomic mass is 10.1. The van der Waals surface area contributed by atoms with Crippen molar-refractivity contribution >= 4 is 11.9 Å². The molecule has 0 saturated heterocycles. The number of quaternary nitrogens is 2. The zero-order valence-electron chi connectivity index (χ0n) is 26.0. The van der Waals surface area contributed by atoms with Crippen molar-refractivity contribution < 1.29 is 28.8 Å². The van der Waals surface area contributed by atoms with Gasteiger partial charge < -0.3 is 19.2 Å². The predicted octanol–water partition coefficient (Wildman–Crippen LogP) is 7.89. The summed E-state index contributed by atoms with van der Waals surface area (Å²) in [5.41, 5.74) is 0. The second-order valence-electron chi connectivity index (χ2n) is 12.6. The summed E-state index contributed by atoms with van der Waals surface area (Å²) in [5.74, 6) is -1.52. The minimum atomic E-state index is -0.762. The van der Waals surface area contributed by atoms with Crippen LogP contribution in [0.4, 0.5) is 0 Å². The minimum absolute atomic E-state index is 0.114. The fourth-order valence-electron chi connectivity index (χ4n) is 5.64. The summed E-state index contributed by atoms with van der Waals surface area (Å²) >= 11 is 0. The number of carbonyl (C=O) groups is 2. The fraction of sp³-hybridized carbons (Fsp3) is 0.938. The molecule has 0 aliphatic rings. The first-order chi connectivity index (χ1) is 18.2. The van der Waals surface area contributed by atoms with E-state index in [9.17, 15) is 19.8 Å². The van der Waals surface area contributed by atoms with E-state index in [2.05, 4.69) is 13.8 Å². The van der Waals surface area contributed by atoms with Crippen LogP contribution in [0.5, 0.6) is 0 Å². The van der Waals surface area contributed by atoms with E-state index in [0.29, 0.717) is 22.1 Å². The van der Waals surface area contributed by atoms with Crippen LogP contribution in [0.3, 0.4) is 0 Å². The Kier molecular flexibility index (Phi) is 23.0. The van der Waals surface area contributed by atoms with Gasteiger partial charge in [-0.25, -0.2) is 9.59 Å². The third kappa shape index (κ3) is 22.8. The van der Waals surface area contributed by atoms with Gasteiger partial charge in [0.2, 0.25) is 0 Å². The molecule has 6 nitrogen and oxygen atoms in total. The van der Waals surface area contributed by atoms with Crippen molar-refractivity contribution in [3.8, 4) is 0 Å². The SMILES string of the molecule is CCCCCCCCCCCC[N+](C)(CC[N+](C)(CCCCCCCCCCCC)CC(=O)O)CC(=O)O. The van der Waals surface area contributed by atoms with Crippen LogP contribution >= 0.6 is 0 Å². The number of likely N-dealkylation sites (N-methyl/N-ethyl adjacent to an activating group) is 2. The molecule has 0 amide bonds. The molecule has 0 aliphatic carbocycles. The van der Waals surface area contributed by atoms with E-state index in [1.807, 2.05) is 14.1 Å². The molecule has 0 fully saturated rings. The van der Waals surface area contributed by atoms with Gasteiger partial charge in [-0.3, -0.25) is 0 Å². The van der Waals surface area contributed by atoms with Crippen LogP contribution in [0.2, 0.25) is 0 Å². The molecule has 0 heterocycles. The first-order valence-corrected chi connectivity index (χ1v) is 16.3. The van der Waals surface area contributed by atoms with Gasteiger partial charge in [0.05, 0.1) is 27.2 Å². The zero-order chi connectivity index (χ0) is 28.5. The van der Waals surface area contributed by atoms with Gasteiger partial charge in [-0.05, 0) is 25.7 Å². The van der Waals surface area contributed by atoms with Crippen molar-refractivity contribution in [2.24, 2.45) is 0 Å². The Hall–Kier alpha value is -1.14. The van der Waals surface area contributed by atoms with Crippen molar-refractivity contribution in [3.63, 3.8) is 0 Å². The number of aliphatic carboxylic acids is 2. The number of hydrogen-bond acceptors (Lipinski definition) is 2. The Balaban J connectivity index is 4.46. The highest BCUT2D eigenvalue weighted by Crippen LogP contribution is 2.16. The van der Waals surface area contributed by atoms with E-state index in [0.717, 1.165) is 38.8 Å². The fourth-order valence-corrected chi connectivity index (χ4v) is 5.64. The van der Waals surface area contributed by atoms with Gasteiger partial charge in [-0.1, -0.05) is 117 Å². The summed E-state index contributed by atoms with van der Waals surface area (Å²) in [4.78, 5) is 23.3. The van der Waals surface area contributed by atoms with Gasteiger partial charge in [0, 0.05) is 0 Å². The molecular formula is C32H66N2O4+2. The first kappa shape index (κ1) is 36.9. The number of rotatable bonds is 29. The maximum atomic E-state index is 11.7. The first-order valence-electron chi connectivity index (χ1n) is 16.3. The summed E-state index contributed by atoms with van der Waals surface area (Å²) in [5, 5.41) is 19.1. The molecule has 2 unspecified atom stereocenters. The van der Waals surface area contributed by atoms with Gasteiger partial charge in [0.15, 0.2) is 13.1 Å². The van der Waals surface area contributed by atoms with E-state index in [1.54, 1.807) is 0 Å². The van der Waals surface area contributed by atoms with Gasteiger partial charge in [-0.15, -0.1) is 0 Å². The maximum absolute atomic E-state index is 11.7. The molecule has 0 saturated carbocycles.